The van der Waals surface area contributed by atoms with Crippen LogP contribution in [0.4, 0.5) is 22.0 Å². The fourth-order valence-electron chi connectivity index (χ4n) is 5.60. The number of aliphatic hydroxyl groups is 1. The predicted molar refractivity (Wildman–Crippen MR) is 174 cm³/mol. The highest BCUT2D eigenvalue weighted by Gasteiger charge is 2.23. The Hall–Kier alpha value is -4.94. The van der Waals surface area contributed by atoms with Gasteiger partial charge in [-0.05, 0) is 48.0 Å². The van der Waals surface area contributed by atoms with Gasteiger partial charge in [0.05, 0.1) is 18.0 Å². The molecule has 5 N–H and O–H groups in total. The summed E-state index contributed by atoms with van der Waals surface area (Å²) in [6, 6.07) is 15.2. The number of halogens is 1. The Bertz CT molecular complexity index is 1870. The number of rotatable bonds is 10. The van der Waals surface area contributed by atoms with Crippen LogP contribution in [0.5, 0.6) is 0 Å². The minimum atomic E-state index is -1.05. The normalized spacial score (nSPS) is 16.6. The van der Waals surface area contributed by atoms with Gasteiger partial charge in [-0.1, -0.05) is 50.8 Å². The van der Waals surface area contributed by atoms with Crippen molar-refractivity contribution in [1.82, 2.24) is 29.9 Å². The third-order valence-electron chi connectivity index (χ3n) is 8.11. The van der Waals surface area contributed by atoms with E-state index in [0.717, 1.165) is 51.8 Å². The molecule has 2 atom stereocenters. The first-order chi connectivity index (χ1) is 21.8. The summed E-state index contributed by atoms with van der Waals surface area (Å²) in [6.45, 7) is 9.70. The number of hydrogen-bond acceptors (Lipinski definition) is 9. The fourth-order valence-corrected chi connectivity index (χ4v) is 5.60. The quantitative estimate of drug-likeness (QED) is 0.140. The molecule has 5 aromatic rings. The summed E-state index contributed by atoms with van der Waals surface area (Å²) in [4.78, 5) is 26.1. The number of β-amino-alcohol motifs (C(OH)–C–C–N with tert-alkyl or cyclic N) is 1. The average Bonchev–Trinajstić information content (AvgIpc) is 3.48. The number of nitrogens with one attached hydrogen (secondary N) is 4. The van der Waals surface area contributed by atoms with E-state index in [9.17, 15) is 14.3 Å². The molecule has 0 bridgehead atoms. The first kappa shape index (κ1) is 30.1. The minimum Gasteiger partial charge on any atom is -0.391 e. The molecular weight excluding hydrogens is 573 g/mol. The van der Waals surface area contributed by atoms with Crippen LogP contribution < -0.4 is 21.3 Å². The lowest BCUT2D eigenvalue weighted by atomic mass is 9.95. The second kappa shape index (κ2) is 13.0. The summed E-state index contributed by atoms with van der Waals surface area (Å²) in [5.74, 6) is -0.595. The Kier molecular flexibility index (Phi) is 8.67. The predicted octanol–water partition coefficient (Wildman–Crippen LogP) is 4.88. The molecule has 1 saturated heterocycles. The molecule has 12 heteroatoms. The summed E-state index contributed by atoms with van der Waals surface area (Å²) in [5, 5.41) is 29.3. The Labute approximate surface area is 260 Å². The van der Waals surface area contributed by atoms with Crippen LogP contribution in [0.25, 0.3) is 27.7 Å². The molecule has 45 heavy (non-hydrogen) atoms. The highest BCUT2D eigenvalue weighted by molar-refractivity contribution is 6.04. The molecule has 2 aromatic carbocycles. The van der Waals surface area contributed by atoms with Crippen molar-refractivity contribution >= 4 is 39.9 Å². The van der Waals surface area contributed by atoms with Crippen LogP contribution in [-0.2, 0) is 11.3 Å². The number of benzene rings is 2. The molecule has 0 unspecified atom stereocenters. The number of aliphatic hydroxyl groups excluding tert-OH is 1. The topological polar surface area (TPSA) is 141 Å². The van der Waals surface area contributed by atoms with Crippen LogP contribution in [0.3, 0.4) is 0 Å². The van der Waals surface area contributed by atoms with Gasteiger partial charge in [-0.25, -0.2) is 4.39 Å². The largest absolute Gasteiger partial charge is 0.391 e. The zero-order chi connectivity index (χ0) is 31.5. The molecule has 3 aromatic heterocycles. The first-order valence-electron chi connectivity index (χ1n) is 15.0. The molecule has 6 rings (SSSR count). The lowest BCUT2D eigenvalue weighted by Crippen LogP contribution is -2.43. The number of fused-ring (bicyclic) bond motifs is 2. The molecular formula is C33H36FN9O2. The van der Waals surface area contributed by atoms with Crippen molar-refractivity contribution in [1.29, 1.82) is 0 Å². The SMILES string of the molecule is C=C(F)C(=O)Nc1ccc2c(-c3ccccc3CNc3nc(NC[C@H]4CCNC[C@@H]4O)nc4c(C(C)C)cnn34)nccc2c1. The number of pyridine rings is 1. The van der Waals surface area contributed by atoms with Crippen molar-refractivity contribution in [2.24, 2.45) is 5.92 Å². The summed E-state index contributed by atoms with van der Waals surface area (Å²) in [5.41, 5.74) is 4.88. The van der Waals surface area contributed by atoms with E-state index in [-0.39, 0.29) is 11.8 Å². The van der Waals surface area contributed by atoms with E-state index >= 15 is 0 Å². The smallest absolute Gasteiger partial charge is 0.283 e. The maximum Gasteiger partial charge on any atom is 0.283 e. The maximum atomic E-state index is 13.2. The van der Waals surface area contributed by atoms with Gasteiger partial charge in [0, 0.05) is 53.9 Å². The van der Waals surface area contributed by atoms with Crippen LogP contribution >= 0.6 is 0 Å². The number of nitrogens with zero attached hydrogens (tertiary/aromatic N) is 5. The van der Waals surface area contributed by atoms with Crippen molar-refractivity contribution in [2.45, 2.75) is 38.8 Å². The molecule has 11 nitrogen and oxygen atoms in total. The third-order valence-corrected chi connectivity index (χ3v) is 8.11. The number of aromatic nitrogens is 5. The van der Waals surface area contributed by atoms with Crippen molar-refractivity contribution in [3.05, 3.63) is 84.5 Å². The van der Waals surface area contributed by atoms with Gasteiger partial charge in [-0.3, -0.25) is 9.78 Å². The van der Waals surface area contributed by atoms with E-state index in [1.54, 1.807) is 22.8 Å². The van der Waals surface area contributed by atoms with Gasteiger partial charge >= 0.3 is 0 Å². The van der Waals surface area contributed by atoms with Gasteiger partial charge in [0.25, 0.3) is 5.91 Å². The molecule has 0 saturated carbocycles. The Morgan fingerprint density at radius 1 is 1.18 bits per heavy atom. The highest BCUT2D eigenvalue weighted by atomic mass is 19.1. The van der Waals surface area contributed by atoms with Crippen molar-refractivity contribution in [3.63, 3.8) is 0 Å². The summed E-state index contributed by atoms with van der Waals surface area (Å²) >= 11 is 0. The molecule has 1 fully saturated rings. The van der Waals surface area contributed by atoms with Crippen molar-refractivity contribution in [3.8, 4) is 11.3 Å². The molecule has 0 radical (unpaired) electrons. The maximum absolute atomic E-state index is 13.2. The minimum absolute atomic E-state index is 0.104. The van der Waals surface area contributed by atoms with Crippen molar-refractivity contribution < 1.29 is 14.3 Å². The summed E-state index contributed by atoms with van der Waals surface area (Å²) < 4.78 is 15.0. The molecule has 232 valence electrons. The number of piperidine rings is 1. The Morgan fingerprint density at radius 2 is 2.02 bits per heavy atom. The number of carbonyl (C=O) groups excluding carboxylic acids is 1. The van der Waals surface area contributed by atoms with E-state index in [2.05, 4.69) is 46.8 Å². The van der Waals surface area contributed by atoms with Gasteiger partial charge in [0.1, 0.15) is 0 Å². The molecule has 4 heterocycles. The Balaban J connectivity index is 1.29. The average molecular weight is 610 g/mol. The second-order valence-corrected chi connectivity index (χ2v) is 11.5. The standard InChI is InChI=1S/C33H36FN9O2/c1-19(2)27-17-39-43-30(27)41-32(37-16-23-10-12-35-18-28(23)44)42-33(43)38-15-22-6-4-5-7-25(22)29-26-9-8-24(40-31(45)20(3)34)14-21(26)11-13-36-29/h4-9,11,13-14,17,19,23,28,35,44H,3,10,12,15-16,18H2,1-2H3,(H,40,45)(H2,37,38,41,42)/t23-,28+/m1/s1. The first-order valence-corrected chi connectivity index (χ1v) is 15.0. The summed E-state index contributed by atoms with van der Waals surface area (Å²) in [7, 11) is 0. The molecule has 1 amide bonds. The monoisotopic (exact) mass is 609 g/mol. The zero-order valence-electron chi connectivity index (χ0n) is 25.2. The van der Waals surface area contributed by atoms with Crippen LogP contribution in [0, 0.1) is 5.92 Å². The molecule has 0 spiro atoms. The van der Waals surface area contributed by atoms with Gasteiger partial charge in [-0.2, -0.15) is 19.6 Å². The van der Waals surface area contributed by atoms with E-state index in [1.807, 2.05) is 42.6 Å². The van der Waals surface area contributed by atoms with Crippen LogP contribution in [0.1, 0.15) is 37.3 Å². The molecule has 0 aliphatic carbocycles. The Morgan fingerprint density at radius 3 is 2.82 bits per heavy atom. The molecule has 1 aliphatic heterocycles. The van der Waals surface area contributed by atoms with Gasteiger partial charge in [0.2, 0.25) is 11.9 Å². The number of amides is 1. The van der Waals surface area contributed by atoms with E-state index in [4.69, 9.17) is 15.0 Å². The lowest BCUT2D eigenvalue weighted by Gasteiger charge is -2.28. The van der Waals surface area contributed by atoms with Crippen LogP contribution in [0.2, 0.25) is 0 Å². The van der Waals surface area contributed by atoms with E-state index < -0.39 is 17.8 Å². The number of anilines is 3. The second-order valence-electron chi connectivity index (χ2n) is 11.5. The van der Waals surface area contributed by atoms with Crippen molar-refractivity contribution in [2.75, 3.05) is 35.6 Å². The highest BCUT2D eigenvalue weighted by Crippen LogP contribution is 2.31. The number of carbonyl (C=O) groups is 1. The summed E-state index contributed by atoms with van der Waals surface area (Å²) in [6.07, 6.45) is 3.99. The van der Waals surface area contributed by atoms with Crippen LogP contribution in [0.15, 0.2) is 73.3 Å². The fraction of sp³-hybridized carbons (Fsp3) is 0.303. The van der Waals surface area contributed by atoms with Gasteiger partial charge < -0.3 is 26.4 Å². The van der Waals surface area contributed by atoms with E-state index in [0.29, 0.717) is 37.2 Å². The zero-order valence-corrected chi connectivity index (χ0v) is 25.2. The number of hydrogen-bond donors (Lipinski definition) is 5. The van der Waals surface area contributed by atoms with Crippen LogP contribution in [-0.4, -0.2) is 61.3 Å². The third kappa shape index (κ3) is 6.47. The van der Waals surface area contributed by atoms with Gasteiger partial charge in [0.15, 0.2) is 11.5 Å². The van der Waals surface area contributed by atoms with E-state index in [1.165, 1.54) is 0 Å². The lowest BCUT2D eigenvalue weighted by molar-refractivity contribution is -0.114. The van der Waals surface area contributed by atoms with Gasteiger partial charge in [-0.15, -0.1) is 0 Å². The molecule has 1 aliphatic rings.